The number of carbonyl (C=O) groups excluding carboxylic acids is 1. The summed E-state index contributed by atoms with van der Waals surface area (Å²) in [6, 6.07) is 7.09. The van der Waals surface area contributed by atoms with E-state index < -0.39 is 0 Å². The zero-order valence-corrected chi connectivity index (χ0v) is 16.7. The van der Waals surface area contributed by atoms with E-state index in [0.29, 0.717) is 11.8 Å². The summed E-state index contributed by atoms with van der Waals surface area (Å²) in [6.07, 6.45) is 2.90. The standard InChI is InChI=1S/C22H30FN3O/c1-16(2)13-26-15-22(12-21(26)27)6-8-25(9-7-22)14-19-11-17-10-18(23)4-5-20(17)24(19)3/h4-5,10-11,16H,6-9,12-15H2,1-3H3. The average Bonchev–Trinajstić information content (AvgIpc) is 3.07. The lowest BCUT2D eigenvalue weighted by Gasteiger charge is -2.39. The number of aromatic nitrogens is 1. The normalized spacial score (nSPS) is 20.5. The minimum Gasteiger partial charge on any atom is -0.346 e. The van der Waals surface area contributed by atoms with Crippen LogP contribution in [0, 0.1) is 17.2 Å². The van der Waals surface area contributed by atoms with Crippen molar-refractivity contribution in [2.24, 2.45) is 18.4 Å². The molecule has 4 rings (SSSR count). The van der Waals surface area contributed by atoms with Crippen LogP contribution in [-0.4, -0.2) is 46.5 Å². The SMILES string of the molecule is CC(C)CN1CC2(CCN(Cc3cc4cc(F)ccc4n3C)CC2)CC1=O. The van der Waals surface area contributed by atoms with Crippen molar-refractivity contribution in [3.8, 4) is 0 Å². The molecule has 0 aliphatic carbocycles. The van der Waals surface area contributed by atoms with Crippen molar-refractivity contribution >= 4 is 16.8 Å². The molecule has 3 heterocycles. The molecule has 2 fully saturated rings. The van der Waals surface area contributed by atoms with Crippen LogP contribution in [0.2, 0.25) is 0 Å². The molecular weight excluding hydrogens is 341 g/mol. The summed E-state index contributed by atoms with van der Waals surface area (Å²) in [5, 5.41) is 0.965. The second-order valence-electron chi connectivity index (χ2n) is 9.02. The predicted octanol–water partition coefficient (Wildman–Crippen LogP) is 3.79. The van der Waals surface area contributed by atoms with Crippen molar-refractivity contribution in [2.75, 3.05) is 26.2 Å². The van der Waals surface area contributed by atoms with Gasteiger partial charge in [0.25, 0.3) is 0 Å². The molecule has 2 saturated heterocycles. The van der Waals surface area contributed by atoms with Crippen LogP contribution in [0.4, 0.5) is 4.39 Å². The number of carbonyl (C=O) groups is 1. The van der Waals surface area contributed by atoms with Crippen LogP contribution >= 0.6 is 0 Å². The van der Waals surface area contributed by atoms with Gasteiger partial charge in [0.1, 0.15) is 5.82 Å². The predicted molar refractivity (Wildman–Crippen MR) is 106 cm³/mol. The Hall–Kier alpha value is -1.88. The summed E-state index contributed by atoms with van der Waals surface area (Å²) in [7, 11) is 2.06. The first-order valence-corrected chi connectivity index (χ1v) is 10.1. The monoisotopic (exact) mass is 371 g/mol. The quantitative estimate of drug-likeness (QED) is 0.818. The summed E-state index contributed by atoms with van der Waals surface area (Å²) in [5.41, 5.74) is 2.48. The number of hydrogen-bond acceptors (Lipinski definition) is 2. The molecule has 0 N–H and O–H groups in total. The Morgan fingerprint density at radius 1 is 1.19 bits per heavy atom. The minimum absolute atomic E-state index is 0.184. The van der Waals surface area contributed by atoms with Crippen LogP contribution in [0.1, 0.15) is 38.8 Å². The maximum Gasteiger partial charge on any atom is 0.223 e. The molecule has 1 aromatic carbocycles. The lowest BCUT2D eigenvalue weighted by molar-refractivity contribution is -0.128. The van der Waals surface area contributed by atoms with Gasteiger partial charge in [-0.1, -0.05) is 13.8 Å². The molecule has 2 aromatic rings. The highest BCUT2D eigenvalue weighted by atomic mass is 19.1. The van der Waals surface area contributed by atoms with Crippen molar-refractivity contribution in [3.05, 3.63) is 35.8 Å². The van der Waals surface area contributed by atoms with E-state index >= 15 is 0 Å². The van der Waals surface area contributed by atoms with Gasteiger partial charge in [-0.15, -0.1) is 0 Å². The van der Waals surface area contributed by atoms with Gasteiger partial charge < -0.3 is 9.47 Å². The van der Waals surface area contributed by atoms with E-state index in [9.17, 15) is 9.18 Å². The summed E-state index contributed by atoms with van der Waals surface area (Å²) in [5.74, 6) is 0.685. The second kappa shape index (κ2) is 6.93. The van der Waals surface area contributed by atoms with Crippen LogP contribution in [-0.2, 0) is 18.4 Å². The number of halogens is 1. The van der Waals surface area contributed by atoms with E-state index in [2.05, 4.69) is 41.3 Å². The Bertz CT molecular complexity index is 849. The van der Waals surface area contributed by atoms with Gasteiger partial charge in [-0.3, -0.25) is 9.69 Å². The summed E-state index contributed by atoms with van der Waals surface area (Å²) >= 11 is 0. The topological polar surface area (TPSA) is 28.5 Å². The van der Waals surface area contributed by atoms with Crippen LogP contribution in [0.15, 0.2) is 24.3 Å². The molecule has 1 amide bonds. The largest absolute Gasteiger partial charge is 0.346 e. The van der Waals surface area contributed by atoms with Crippen LogP contribution in [0.5, 0.6) is 0 Å². The molecular formula is C22H30FN3O. The fourth-order valence-electron chi connectivity index (χ4n) is 4.87. The molecule has 0 radical (unpaired) electrons. The fraction of sp³-hybridized carbons (Fsp3) is 0.591. The van der Waals surface area contributed by atoms with Gasteiger partial charge >= 0.3 is 0 Å². The number of benzene rings is 1. The lowest BCUT2D eigenvalue weighted by Crippen LogP contribution is -2.41. The van der Waals surface area contributed by atoms with Gasteiger partial charge in [0.05, 0.1) is 0 Å². The Morgan fingerprint density at radius 3 is 2.63 bits per heavy atom. The fourth-order valence-corrected chi connectivity index (χ4v) is 4.87. The van der Waals surface area contributed by atoms with Gasteiger partial charge in [-0.2, -0.15) is 0 Å². The van der Waals surface area contributed by atoms with Crippen LogP contribution in [0.25, 0.3) is 10.9 Å². The summed E-state index contributed by atoms with van der Waals surface area (Å²) in [4.78, 5) is 17.0. The molecule has 0 unspecified atom stereocenters. The molecule has 0 atom stereocenters. The summed E-state index contributed by atoms with van der Waals surface area (Å²) < 4.78 is 15.7. The maximum atomic E-state index is 13.5. The first kappa shape index (κ1) is 18.5. The number of amides is 1. The van der Waals surface area contributed by atoms with Crippen molar-refractivity contribution < 1.29 is 9.18 Å². The third-order valence-corrected chi connectivity index (χ3v) is 6.40. The molecule has 0 saturated carbocycles. The Kier molecular flexibility index (Phi) is 4.75. The molecule has 146 valence electrons. The number of fused-ring (bicyclic) bond motifs is 1. The minimum atomic E-state index is -0.184. The molecule has 1 spiro atoms. The first-order chi connectivity index (χ1) is 12.8. The second-order valence-corrected chi connectivity index (χ2v) is 9.02. The first-order valence-electron chi connectivity index (χ1n) is 10.1. The third-order valence-electron chi connectivity index (χ3n) is 6.40. The van der Waals surface area contributed by atoms with E-state index in [1.54, 1.807) is 6.07 Å². The van der Waals surface area contributed by atoms with E-state index in [0.717, 1.165) is 62.9 Å². The molecule has 4 nitrogen and oxygen atoms in total. The van der Waals surface area contributed by atoms with E-state index in [-0.39, 0.29) is 11.2 Å². The van der Waals surface area contributed by atoms with E-state index in [1.165, 1.54) is 11.8 Å². The molecule has 5 heteroatoms. The number of hydrogen-bond donors (Lipinski definition) is 0. The smallest absolute Gasteiger partial charge is 0.223 e. The highest BCUT2D eigenvalue weighted by molar-refractivity contribution is 5.81. The third kappa shape index (κ3) is 3.62. The van der Waals surface area contributed by atoms with Crippen LogP contribution in [0.3, 0.4) is 0 Å². The molecule has 2 aliphatic heterocycles. The number of piperidine rings is 1. The average molecular weight is 372 g/mol. The van der Waals surface area contributed by atoms with Gasteiger partial charge in [-0.25, -0.2) is 4.39 Å². The highest BCUT2D eigenvalue weighted by Crippen LogP contribution is 2.41. The zero-order chi connectivity index (χ0) is 19.2. The molecule has 2 aliphatic rings. The number of nitrogens with zero attached hydrogens (tertiary/aromatic N) is 3. The van der Waals surface area contributed by atoms with Crippen molar-refractivity contribution in [3.63, 3.8) is 0 Å². The van der Waals surface area contributed by atoms with Crippen molar-refractivity contribution in [2.45, 2.75) is 39.7 Å². The van der Waals surface area contributed by atoms with Gasteiger partial charge in [-0.05, 0) is 61.5 Å². The van der Waals surface area contributed by atoms with Gasteiger partial charge in [0.2, 0.25) is 5.91 Å². The maximum absolute atomic E-state index is 13.5. The highest BCUT2D eigenvalue weighted by Gasteiger charge is 2.44. The number of rotatable bonds is 4. The van der Waals surface area contributed by atoms with Crippen LogP contribution < -0.4 is 0 Å². The number of aryl methyl sites for hydroxylation is 1. The van der Waals surface area contributed by atoms with E-state index in [4.69, 9.17) is 0 Å². The Balaban J connectivity index is 1.40. The van der Waals surface area contributed by atoms with E-state index in [1.807, 2.05) is 6.07 Å². The number of likely N-dealkylation sites (tertiary alicyclic amines) is 2. The zero-order valence-electron chi connectivity index (χ0n) is 16.7. The van der Waals surface area contributed by atoms with Crippen molar-refractivity contribution in [1.82, 2.24) is 14.4 Å². The lowest BCUT2D eigenvalue weighted by atomic mass is 9.77. The molecule has 0 bridgehead atoms. The van der Waals surface area contributed by atoms with Crippen molar-refractivity contribution in [1.29, 1.82) is 0 Å². The van der Waals surface area contributed by atoms with Gasteiger partial charge in [0, 0.05) is 49.7 Å². The Morgan fingerprint density at radius 2 is 1.93 bits per heavy atom. The van der Waals surface area contributed by atoms with Gasteiger partial charge in [0.15, 0.2) is 0 Å². The molecule has 27 heavy (non-hydrogen) atoms. The Labute approximate surface area is 160 Å². The molecule has 1 aromatic heterocycles. The summed E-state index contributed by atoms with van der Waals surface area (Å²) in [6.45, 7) is 9.11.